The standard InChI is InChI=1S/C29H34FNO2S/c1-5-8-21-16-28-26(17-25(21)30)31-27(18-33-28)22-9-6-10-23(15-22)29-19(2)13-24(14-20(29)3)32-11-7-12-34-4/h6,9-10,13-17,27,31H,5,7-8,11-12,18H2,1-4H3. The third-order valence-electron chi connectivity index (χ3n) is 6.25. The summed E-state index contributed by atoms with van der Waals surface area (Å²) < 4.78 is 26.5. The Hall–Kier alpha value is -2.66. The van der Waals surface area contributed by atoms with Gasteiger partial charge < -0.3 is 14.8 Å². The van der Waals surface area contributed by atoms with E-state index in [1.54, 1.807) is 6.07 Å². The van der Waals surface area contributed by atoms with E-state index in [0.29, 0.717) is 24.3 Å². The highest BCUT2D eigenvalue weighted by molar-refractivity contribution is 7.98. The van der Waals surface area contributed by atoms with Crippen LogP contribution >= 0.6 is 11.8 Å². The van der Waals surface area contributed by atoms with Crippen LogP contribution in [0.2, 0.25) is 0 Å². The number of benzene rings is 3. The number of hydrogen-bond acceptors (Lipinski definition) is 4. The number of halogens is 1. The number of hydrogen-bond donors (Lipinski definition) is 1. The number of thioether (sulfide) groups is 1. The van der Waals surface area contributed by atoms with Crippen molar-refractivity contribution in [2.45, 2.75) is 46.1 Å². The van der Waals surface area contributed by atoms with Crippen LogP contribution < -0.4 is 14.8 Å². The number of fused-ring (bicyclic) bond motifs is 1. The second kappa shape index (κ2) is 11.2. The first-order valence-corrected chi connectivity index (χ1v) is 13.4. The molecule has 34 heavy (non-hydrogen) atoms. The van der Waals surface area contributed by atoms with Gasteiger partial charge >= 0.3 is 0 Å². The molecule has 0 saturated carbocycles. The molecule has 180 valence electrons. The minimum Gasteiger partial charge on any atom is -0.494 e. The number of aryl methyl sites for hydroxylation is 3. The van der Waals surface area contributed by atoms with Crippen molar-refractivity contribution in [3.05, 3.63) is 76.6 Å². The van der Waals surface area contributed by atoms with Crippen molar-refractivity contribution in [2.75, 3.05) is 30.5 Å². The first kappa shape index (κ1) is 24.5. The summed E-state index contributed by atoms with van der Waals surface area (Å²) in [6.07, 6.45) is 4.79. The van der Waals surface area contributed by atoms with E-state index in [0.717, 1.165) is 42.3 Å². The Morgan fingerprint density at radius 3 is 2.65 bits per heavy atom. The van der Waals surface area contributed by atoms with Crippen molar-refractivity contribution < 1.29 is 13.9 Å². The Kier molecular flexibility index (Phi) is 8.04. The zero-order valence-electron chi connectivity index (χ0n) is 20.5. The van der Waals surface area contributed by atoms with Gasteiger partial charge in [0.1, 0.15) is 23.9 Å². The van der Waals surface area contributed by atoms with Gasteiger partial charge in [0.15, 0.2) is 0 Å². The molecule has 0 spiro atoms. The Balaban J connectivity index is 1.54. The molecule has 4 rings (SSSR count). The molecule has 3 nitrogen and oxygen atoms in total. The molecule has 0 fully saturated rings. The van der Waals surface area contributed by atoms with E-state index >= 15 is 0 Å². The average molecular weight is 480 g/mol. The smallest absolute Gasteiger partial charge is 0.143 e. The van der Waals surface area contributed by atoms with E-state index in [-0.39, 0.29) is 11.9 Å². The Morgan fingerprint density at radius 2 is 1.91 bits per heavy atom. The fourth-order valence-corrected chi connectivity index (χ4v) is 5.04. The molecule has 0 bridgehead atoms. The van der Waals surface area contributed by atoms with Crippen molar-refractivity contribution in [3.63, 3.8) is 0 Å². The molecule has 0 radical (unpaired) electrons. The van der Waals surface area contributed by atoms with Gasteiger partial charge in [-0.2, -0.15) is 11.8 Å². The summed E-state index contributed by atoms with van der Waals surface area (Å²) in [6.45, 7) is 7.58. The molecule has 3 aromatic carbocycles. The van der Waals surface area contributed by atoms with Crippen LogP contribution in [0.15, 0.2) is 48.5 Å². The molecular weight excluding hydrogens is 445 g/mol. The van der Waals surface area contributed by atoms with Gasteiger partial charge in [-0.15, -0.1) is 0 Å². The molecule has 5 heteroatoms. The average Bonchev–Trinajstić information content (AvgIpc) is 2.82. The third kappa shape index (κ3) is 5.52. The van der Waals surface area contributed by atoms with Gasteiger partial charge in [0, 0.05) is 6.07 Å². The van der Waals surface area contributed by atoms with Gasteiger partial charge in [-0.25, -0.2) is 4.39 Å². The molecule has 1 heterocycles. The molecule has 0 saturated heterocycles. The Bertz CT molecular complexity index is 1120. The minimum atomic E-state index is -0.173. The van der Waals surface area contributed by atoms with E-state index in [1.165, 1.54) is 22.3 Å². The number of nitrogens with one attached hydrogen (secondary N) is 1. The molecular formula is C29H34FNO2S. The van der Waals surface area contributed by atoms with Crippen molar-refractivity contribution in [3.8, 4) is 22.6 Å². The van der Waals surface area contributed by atoms with Gasteiger partial charge in [0.25, 0.3) is 0 Å². The molecule has 3 aromatic rings. The molecule has 1 unspecified atom stereocenters. The monoisotopic (exact) mass is 479 g/mol. The van der Waals surface area contributed by atoms with E-state index < -0.39 is 0 Å². The molecule has 1 N–H and O–H groups in total. The maximum atomic E-state index is 14.5. The van der Waals surface area contributed by atoms with Gasteiger partial charge in [-0.1, -0.05) is 31.5 Å². The second-order valence-corrected chi connectivity index (χ2v) is 9.94. The van der Waals surface area contributed by atoms with Gasteiger partial charge in [-0.05, 0) is 96.3 Å². The summed E-state index contributed by atoms with van der Waals surface area (Å²) in [7, 11) is 0. The van der Waals surface area contributed by atoms with Gasteiger partial charge in [0.2, 0.25) is 0 Å². The summed E-state index contributed by atoms with van der Waals surface area (Å²) in [5.74, 6) is 2.60. The molecule has 0 aliphatic carbocycles. The van der Waals surface area contributed by atoms with Crippen LogP contribution in [0.3, 0.4) is 0 Å². The Labute approximate surface area is 207 Å². The van der Waals surface area contributed by atoms with Crippen LogP contribution in [0.25, 0.3) is 11.1 Å². The van der Waals surface area contributed by atoms with Crippen LogP contribution in [0.1, 0.15) is 48.1 Å². The summed E-state index contributed by atoms with van der Waals surface area (Å²) in [5, 5.41) is 3.49. The SMILES string of the molecule is CCCc1cc2c(cc1F)NC(c1cccc(-c3c(C)cc(OCCCSC)cc3C)c1)CO2. The maximum Gasteiger partial charge on any atom is 0.143 e. The molecule has 1 atom stereocenters. The minimum absolute atomic E-state index is 0.0384. The fraction of sp³-hybridized carbons (Fsp3) is 0.379. The number of ether oxygens (including phenoxy) is 2. The topological polar surface area (TPSA) is 30.5 Å². The van der Waals surface area contributed by atoms with Crippen molar-refractivity contribution >= 4 is 17.4 Å². The van der Waals surface area contributed by atoms with E-state index in [2.05, 4.69) is 68.7 Å². The zero-order chi connectivity index (χ0) is 24.1. The van der Waals surface area contributed by atoms with Crippen LogP contribution in [-0.2, 0) is 6.42 Å². The predicted molar refractivity (Wildman–Crippen MR) is 142 cm³/mol. The van der Waals surface area contributed by atoms with E-state index in [1.807, 2.05) is 17.8 Å². The van der Waals surface area contributed by atoms with Crippen molar-refractivity contribution in [1.29, 1.82) is 0 Å². The summed E-state index contributed by atoms with van der Waals surface area (Å²) in [4.78, 5) is 0. The van der Waals surface area contributed by atoms with Crippen LogP contribution in [0.4, 0.5) is 10.1 Å². The van der Waals surface area contributed by atoms with E-state index in [9.17, 15) is 4.39 Å². The summed E-state index contributed by atoms with van der Waals surface area (Å²) >= 11 is 1.84. The highest BCUT2D eigenvalue weighted by Crippen LogP contribution is 2.38. The zero-order valence-corrected chi connectivity index (χ0v) is 21.4. The summed E-state index contributed by atoms with van der Waals surface area (Å²) in [5.41, 5.74) is 7.34. The molecule has 0 aromatic heterocycles. The number of rotatable bonds is 9. The predicted octanol–water partition coefficient (Wildman–Crippen LogP) is 7.74. The maximum absolute atomic E-state index is 14.5. The van der Waals surface area contributed by atoms with Gasteiger partial charge in [0.05, 0.1) is 18.3 Å². The van der Waals surface area contributed by atoms with Gasteiger partial charge in [-0.3, -0.25) is 0 Å². The van der Waals surface area contributed by atoms with Crippen molar-refractivity contribution in [1.82, 2.24) is 0 Å². The molecule has 0 amide bonds. The first-order valence-electron chi connectivity index (χ1n) is 12.0. The quantitative estimate of drug-likeness (QED) is 0.318. The normalized spacial score (nSPS) is 14.8. The first-order chi connectivity index (χ1) is 16.5. The fourth-order valence-electron chi connectivity index (χ4n) is 4.64. The number of anilines is 1. The lowest BCUT2D eigenvalue weighted by Gasteiger charge is -2.29. The lowest BCUT2D eigenvalue weighted by atomic mass is 9.93. The van der Waals surface area contributed by atoms with Crippen molar-refractivity contribution in [2.24, 2.45) is 0 Å². The van der Waals surface area contributed by atoms with Crippen LogP contribution in [0.5, 0.6) is 11.5 Å². The summed E-state index contributed by atoms with van der Waals surface area (Å²) in [6, 6.07) is 16.2. The second-order valence-electron chi connectivity index (χ2n) is 8.95. The van der Waals surface area contributed by atoms with E-state index in [4.69, 9.17) is 9.47 Å². The highest BCUT2D eigenvalue weighted by atomic mass is 32.2. The van der Waals surface area contributed by atoms with Crippen LogP contribution in [0, 0.1) is 19.7 Å². The largest absolute Gasteiger partial charge is 0.494 e. The highest BCUT2D eigenvalue weighted by Gasteiger charge is 2.23. The Morgan fingerprint density at radius 1 is 1.12 bits per heavy atom. The molecule has 1 aliphatic heterocycles. The lowest BCUT2D eigenvalue weighted by Crippen LogP contribution is -2.24. The molecule has 1 aliphatic rings. The lowest BCUT2D eigenvalue weighted by molar-refractivity contribution is 0.285. The van der Waals surface area contributed by atoms with Crippen LogP contribution in [-0.4, -0.2) is 25.2 Å². The third-order valence-corrected chi connectivity index (χ3v) is 6.95.